The first-order valence-electron chi connectivity index (χ1n) is 8.41. The van der Waals surface area contributed by atoms with Crippen LogP contribution in [0.5, 0.6) is 5.75 Å². The maximum absolute atomic E-state index is 12.9. The Bertz CT molecular complexity index is 903. The van der Waals surface area contributed by atoms with Crippen LogP contribution in [0.3, 0.4) is 0 Å². The second-order valence-electron chi connectivity index (χ2n) is 6.31. The Kier molecular flexibility index (Phi) is 4.11. The van der Waals surface area contributed by atoms with E-state index in [9.17, 15) is 9.90 Å². The Hall–Kier alpha value is -3.23. The van der Waals surface area contributed by atoms with Crippen molar-refractivity contribution in [3.8, 4) is 17.1 Å². The summed E-state index contributed by atoms with van der Waals surface area (Å²) >= 11 is 0. The molecule has 4 rings (SSSR count). The quantitative estimate of drug-likeness (QED) is 0.732. The standard InChI is InChI=1S/C17H18N6O3/c1-10-16(17-18-21-22-19-17)13(20-26-10)9-15(25)23-8-2-3-14(23)11-4-6-12(24)7-5-11/h4-7,14,24H,2-3,8-9H2,1H3,(H,18,19,21,22). The summed E-state index contributed by atoms with van der Waals surface area (Å²) in [6, 6.07) is 7.01. The van der Waals surface area contributed by atoms with Crippen LogP contribution >= 0.6 is 0 Å². The second kappa shape index (κ2) is 6.58. The fraction of sp³-hybridized carbons (Fsp3) is 0.353. The molecule has 1 aliphatic heterocycles. The summed E-state index contributed by atoms with van der Waals surface area (Å²) in [6.07, 6.45) is 1.94. The Morgan fingerprint density at radius 1 is 1.38 bits per heavy atom. The van der Waals surface area contributed by atoms with Gasteiger partial charge in [0.05, 0.1) is 18.0 Å². The van der Waals surface area contributed by atoms with Crippen LogP contribution in [0, 0.1) is 6.92 Å². The molecule has 1 aliphatic rings. The van der Waals surface area contributed by atoms with Crippen molar-refractivity contribution in [1.29, 1.82) is 0 Å². The predicted octanol–water partition coefficient (Wildman–Crippen LogP) is 1.77. The number of H-pyrrole nitrogens is 1. The number of benzene rings is 1. The van der Waals surface area contributed by atoms with Crippen molar-refractivity contribution in [1.82, 2.24) is 30.7 Å². The van der Waals surface area contributed by atoms with Crippen molar-refractivity contribution in [2.75, 3.05) is 6.54 Å². The van der Waals surface area contributed by atoms with Gasteiger partial charge in [-0.15, -0.1) is 10.2 Å². The summed E-state index contributed by atoms with van der Waals surface area (Å²) in [4.78, 5) is 14.8. The number of nitrogens with zero attached hydrogens (tertiary/aromatic N) is 5. The van der Waals surface area contributed by atoms with Gasteiger partial charge < -0.3 is 14.5 Å². The van der Waals surface area contributed by atoms with E-state index in [-0.39, 0.29) is 24.1 Å². The van der Waals surface area contributed by atoms with Gasteiger partial charge in [-0.05, 0) is 42.7 Å². The van der Waals surface area contributed by atoms with Crippen LogP contribution in [-0.2, 0) is 11.2 Å². The normalized spacial score (nSPS) is 17.0. The summed E-state index contributed by atoms with van der Waals surface area (Å²) in [6.45, 7) is 2.44. The van der Waals surface area contributed by atoms with Gasteiger partial charge in [0.2, 0.25) is 11.7 Å². The second-order valence-corrected chi connectivity index (χ2v) is 6.31. The molecule has 9 nitrogen and oxygen atoms in total. The van der Waals surface area contributed by atoms with Gasteiger partial charge in [-0.1, -0.05) is 17.3 Å². The van der Waals surface area contributed by atoms with E-state index in [1.807, 2.05) is 17.0 Å². The number of hydrogen-bond donors (Lipinski definition) is 2. The molecular weight excluding hydrogens is 336 g/mol. The van der Waals surface area contributed by atoms with Crippen molar-refractivity contribution in [3.05, 3.63) is 41.3 Å². The average molecular weight is 354 g/mol. The predicted molar refractivity (Wildman–Crippen MR) is 89.9 cm³/mol. The lowest BCUT2D eigenvalue weighted by Gasteiger charge is -2.25. The smallest absolute Gasteiger partial charge is 0.229 e. The summed E-state index contributed by atoms with van der Waals surface area (Å²) in [7, 11) is 0. The molecular formula is C17H18N6O3. The molecule has 1 unspecified atom stereocenters. The number of aromatic amines is 1. The van der Waals surface area contributed by atoms with Gasteiger partial charge in [0.1, 0.15) is 17.2 Å². The number of aromatic nitrogens is 5. The summed E-state index contributed by atoms with van der Waals surface area (Å²) in [5, 5.41) is 27.4. The van der Waals surface area contributed by atoms with Crippen LogP contribution in [0.4, 0.5) is 0 Å². The lowest BCUT2D eigenvalue weighted by molar-refractivity contribution is -0.131. The van der Waals surface area contributed by atoms with Crippen molar-refractivity contribution >= 4 is 5.91 Å². The Balaban J connectivity index is 1.56. The number of amides is 1. The Morgan fingerprint density at radius 2 is 2.19 bits per heavy atom. The largest absolute Gasteiger partial charge is 0.508 e. The number of aromatic hydroxyl groups is 1. The summed E-state index contributed by atoms with van der Waals surface area (Å²) in [5.74, 6) is 1.10. The molecule has 26 heavy (non-hydrogen) atoms. The molecule has 1 atom stereocenters. The van der Waals surface area contributed by atoms with Gasteiger partial charge in [0.25, 0.3) is 0 Å². The van der Waals surface area contributed by atoms with Crippen LogP contribution in [-0.4, -0.2) is 48.2 Å². The number of carbonyl (C=O) groups excluding carboxylic acids is 1. The zero-order valence-corrected chi connectivity index (χ0v) is 14.2. The van der Waals surface area contributed by atoms with Crippen LogP contribution in [0.15, 0.2) is 28.8 Å². The van der Waals surface area contributed by atoms with Gasteiger partial charge in [0, 0.05) is 6.54 Å². The highest BCUT2D eigenvalue weighted by atomic mass is 16.5. The van der Waals surface area contributed by atoms with Crippen molar-refractivity contribution < 1.29 is 14.4 Å². The van der Waals surface area contributed by atoms with Crippen LogP contribution in [0.2, 0.25) is 0 Å². The number of aryl methyl sites for hydroxylation is 1. The first-order valence-corrected chi connectivity index (χ1v) is 8.41. The van der Waals surface area contributed by atoms with Crippen molar-refractivity contribution in [2.45, 2.75) is 32.2 Å². The fourth-order valence-electron chi connectivity index (χ4n) is 3.45. The van der Waals surface area contributed by atoms with Gasteiger partial charge in [-0.25, -0.2) is 0 Å². The molecule has 2 aromatic heterocycles. The number of likely N-dealkylation sites (tertiary alicyclic amines) is 1. The molecule has 0 radical (unpaired) electrons. The van der Waals surface area contributed by atoms with Gasteiger partial charge in [0.15, 0.2) is 0 Å². The van der Waals surface area contributed by atoms with E-state index in [2.05, 4.69) is 25.8 Å². The minimum Gasteiger partial charge on any atom is -0.508 e. The SMILES string of the molecule is Cc1onc(CC(=O)N2CCCC2c2ccc(O)cc2)c1-c1nn[nH]n1. The lowest BCUT2D eigenvalue weighted by Crippen LogP contribution is -2.32. The summed E-state index contributed by atoms with van der Waals surface area (Å²) < 4.78 is 5.24. The monoisotopic (exact) mass is 354 g/mol. The highest BCUT2D eigenvalue weighted by molar-refractivity contribution is 5.81. The molecule has 0 saturated carbocycles. The molecule has 0 bridgehead atoms. The maximum Gasteiger partial charge on any atom is 0.229 e. The first-order chi connectivity index (χ1) is 12.6. The molecule has 3 aromatic rings. The Labute approximate surface area is 149 Å². The topological polar surface area (TPSA) is 121 Å². The van der Waals surface area contributed by atoms with E-state index in [1.54, 1.807) is 19.1 Å². The molecule has 1 saturated heterocycles. The van der Waals surface area contributed by atoms with E-state index in [0.717, 1.165) is 18.4 Å². The van der Waals surface area contributed by atoms with E-state index in [0.29, 0.717) is 29.4 Å². The van der Waals surface area contributed by atoms with Crippen LogP contribution < -0.4 is 0 Å². The minimum absolute atomic E-state index is 0.00437. The molecule has 1 amide bonds. The van der Waals surface area contributed by atoms with Gasteiger partial charge in [-0.2, -0.15) is 5.21 Å². The fourth-order valence-corrected chi connectivity index (χ4v) is 3.45. The first kappa shape index (κ1) is 16.2. The highest BCUT2D eigenvalue weighted by Gasteiger charge is 2.31. The summed E-state index contributed by atoms with van der Waals surface area (Å²) in [5.41, 5.74) is 2.13. The molecule has 0 aliphatic carbocycles. The number of phenols is 1. The number of nitrogens with one attached hydrogen (secondary N) is 1. The number of carbonyl (C=O) groups is 1. The molecule has 1 aromatic carbocycles. The molecule has 1 fully saturated rings. The number of rotatable bonds is 4. The molecule has 134 valence electrons. The molecule has 0 spiro atoms. The number of hydrogen-bond acceptors (Lipinski definition) is 7. The van der Waals surface area contributed by atoms with Crippen molar-refractivity contribution in [3.63, 3.8) is 0 Å². The minimum atomic E-state index is -0.0291. The lowest BCUT2D eigenvalue weighted by atomic mass is 10.0. The van der Waals surface area contributed by atoms with E-state index in [1.165, 1.54) is 0 Å². The zero-order chi connectivity index (χ0) is 18.1. The third kappa shape index (κ3) is 2.92. The third-order valence-electron chi connectivity index (χ3n) is 4.67. The van der Waals surface area contributed by atoms with E-state index < -0.39 is 0 Å². The number of tetrazole rings is 1. The van der Waals surface area contributed by atoms with E-state index >= 15 is 0 Å². The average Bonchev–Trinajstić information content (AvgIpc) is 3.36. The van der Waals surface area contributed by atoms with Crippen LogP contribution in [0.25, 0.3) is 11.4 Å². The number of phenolic OH excluding ortho intramolecular Hbond substituents is 1. The van der Waals surface area contributed by atoms with Gasteiger partial charge in [-0.3, -0.25) is 4.79 Å². The third-order valence-corrected chi connectivity index (χ3v) is 4.67. The van der Waals surface area contributed by atoms with Crippen molar-refractivity contribution in [2.24, 2.45) is 0 Å². The highest BCUT2D eigenvalue weighted by Crippen LogP contribution is 2.33. The van der Waals surface area contributed by atoms with Crippen LogP contribution in [0.1, 0.15) is 35.9 Å². The molecule has 3 heterocycles. The molecule has 9 heteroatoms. The maximum atomic E-state index is 12.9. The zero-order valence-electron chi connectivity index (χ0n) is 14.2. The molecule has 2 N–H and O–H groups in total. The Morgan fingerprint density at radius 3 is 2.92 bits per heavy atom. The van der Waals surface area contributed by atoms with Gasteiger partial charge >= 0.3 is 0 Å². The van der Waals surface area contributed by atoms with E-state index in [4.69, 9.17) is 4.52 Å².